The molecular weight excluding hydrogens is 367 g/mol. The Labute approximate surface area is 151 Å². The van der Waals surface area contributed by atoms with Crippen LogP contribution >= 0.6 is 35.0 Å². The van der Waals surface area contributed by atoms with Gasteiger partial charge in [0.15, 0.2) is 0 Å². The number of halogens is 2. The number of benzene rings is 1. The van der Waals surface area contributed by atoms with Gasteiger partial charge < -0.3 is 8.82 Å². The zero-order valence-electron chi connectivity index (χ0n) is 12.2. The van der Waals surface area contributed by atoms with Crippen LogP contribution in [0.4, 0.5) is 0 Å². The maximum Gasteiger partial charge on any atom is 0.277 e. The molecule has 24 heavy (non-hydrogen) atoms. The number of aromatic nitrogens is 4. The number of thioether (sulfide) groups is 1. The van der Waals surface area contributed by atoms with Gasteiger partial charge in [0.1, 0.15) is 5.65 Å². The summed E-state index contributed by atoms with van der Waals surface area (Å²) >= 11 is 13.3. The van der Waals surface area contributed by atoms with Crippen molar-refractivity contribution in [2.75, 3.05) is 0 Å². The molecule has 1 aromatic carbocycles. The predicted octanol–water partition coefficient (Wildman–Crippen LogP) is 4.98. The van der Waals surface area contributed by atoms with Crippen LogP contribution in [0.1, 0.15) is 5.69 Å². The van der Waals surface area contributed by atoms with E-state index in [1.165, 1.54) is 11.8 Å². The van der Waals surface area contributed by atoms with Gasteiger partial charge in [-0.05, 0) is 36.4 Å². The van der Waals surface area contributed by atoms with E-state index in [1.807, 2.05) is 41.1 Å². The van der Waals surface area contributed by atoms with Crippen molar-refractivity contribution in [1.82, 2.24) is 19.6 Å². The van der Waals surface area contributed by atoms with Crippen LogP contribution in [0.5, 0.6) is 0 Å². The molecule has 0 amide bonds. The lowest BCUT2D eigenvalue weighted by atomic mass is 10.2. The smallest absolute Gasteiger partial charge is 0.277 e. The first-order valence-corrected chi connectivity index (χ1v) is 8.77. The lowest BCUT2D eigenvalue weighted by molar-refractivity contribution is 0.466. The van der Waals surface area contributed by atoms with Crippen molar-refractivity contribution in [2.45, 2.75) is 11.0 Å². The summed E-state index contributed by atoms with van der Waals surface area (Å²) in [4.78, 5) is 4.52. The largest absolute Gasteiger partial charge is 0.411 e. The molecule has 0 spiro atoms. The van der Waals surface area contributed by atoms with Crippen molar-refractivity contribution in [3.63, 3.8) is 0 Å². The quantitative estimate of drug-likeness (QED) is 0.470. The van der Waals surface area contributed by atoms with Gasteiger partial charge in [0.05, 0.1) is 10.7 Å². The van der Waals surface area contributed by atoms with Gasteiger partial charge in [0.2, 0.25) is 5.89 Å². The van der Waals surface area contributed by atoms with Crippen molar-refractivity contribution in [3.05, 3.63) is 64.5 Å². The molecule has 4 rings (SSSR count). The zero-order chi connectivity index (χ0) is 16.5. The first kappa shape index (κ1) is 15.5. The number of fused-ring (bicyclic) bond motifs is 1. The van der Waals surface area contributed by atoms with E-state index >= 15 is 0 Å². The van der Waals surface area contributed by atoms with E-state index in [0.29, 0.717) is 26.9 Å². The van der Waals surface area contributed by atoms with Crippen LogP contribution in [0.2, 0.25) is 10.0 Å². The minimum atomic E-state index is 0.468. The Kier molecular flexibility index (Phi) is 4.18. The van der Waals surface area contributed by atoms with Crippen LogP contribution in [-0.4, -0.2) is 19.6 Å². The predicted molar refractivity (Wildman–Crippen MR) is 94.5 cm³/mol. The number of rotatable bonds is 4. The van der Waals surface area contributed by atoms with Crippen LogP contribution in [0, 0.1) is 0 Å². The summed E-state index contributed by atoms with van der Waals surface area (Å²) in [5.74, 6) is 1.10. The standard InChI is InChI=1S/C16H10Cl2N4OS/c17-11-3-1-10(2-4-11)15-20-21-16(23-15)24-9-13-8-22-7-12(18)5-6-14(22)19-13/h1-8H,9H2. The van der Waals surface area contributed by atoms with Crippen molar-refractivity contribution >= 4 is 40.6 Å². The summed E-state index contributed by atoms with van der Waals surface area (Å²) in [7, 11) is 0. The minimum Gasteiger partial charge on any atom is -0.411 e. The first-order valence-electron chi connectivity index (χ1n) is 7.03. The highest BCUT2D eigenvalue weighted by atomic mass is 35.5. The Morgan fingerprint density at radius 1 is 0.958 bits per heavy atom. The highest BCUT2D eigenvalue weighted by Crippen LogP contribution is 2.26. The molecular formula is C16H10Cl2N4OS. The fourth-order valence-electron chi connectivity index (χ4n) is 2.20. The maximum absolute atomic E-state index is 5.98. The van der Waals surface area contributed by atoms with E-state index in [-0.39, 0.29) is 0 Å². The highest BCUT2D eigenvalue weighted by Gasteiger charge is 2.10. The van der Waals surface area contributed by atoms with Crippen LogP contribution in [0.25, 0.3) is 17.1 Å². The van der Waals surface area contributed by atoms with Gasteiger partial charge in [-0.1, -0.05) is 35.0 Å². The molecule has 0 unspecified atom stereocenters. The molecule has 0 radical (unpaired) electrons. The van der Waals surface area contributed by atoms with Crippen molar-refractivity contribution in [2.24, 2.45) is 0 Å². The summed E-state index contributed by atoms with van der Waals surface area (Å²) in [5.41, 5.74) is 2.59. The van der Waals surface area contributed by atoms with Gasteiger partial charge in [-0.15, -0.1) is 10.2 Å². The summed E-state index contributed by atoms with van der Waals surface area (Å²) in [6.07, 6.45) is 3.76. The second kappa shape index (κ2) is 6.47. The lowest BCUT2D eigenvalue weighted by Gasteiger charge is -1.94. The number of imidazole rings is 1. The van der Waals surface area contributed by atoms with Gasteiger partial charge >= 0.3 is 0 Å². The van der Waals surface area contributed by atoms with Gasteiger partial charge in [-0.3, -0.25) is 0 Å². The fraction of sp³-hybridized carbons (Fsp3) is 0.0625. The minimum absolute atomic E-state index is 0.468. The van der Waals surface area contributed by atoms with Crippen LogP contribution in [-0.2, 0) is 5.75 Å². The molecule has 0 fully saturated rings. The third-order valence-electron chi connectivity index (χ3n) is 3.31. The monoisotopic (exact) mass is 376 g/mol. The Morgan fingerprint density at radius 3 is 2.58 bits per heavy atom. The summed E-state index contributed by atoms with van der Waals surface area (Å²) in [5, 5.41) is 9.95. The van der Waals surface area contributed by atoms with E-state index in [1.54, 1.807) is 12.1 Å². The molecule has 4 aromatic rings. The number of hydrogen-bond acceptors (Lipinski definition) is 5. The Balaban J connectivity index is 1.48. The normalized spacial score (nSPS) is 11.2. The molecule has 0 saturated heterocycles. The lowest BCUT2D eigenvalue weighted by Crippen LogP contribution is -1.79. The van der Waals surface area contributed by atoms with E-state index < -0.39 is 0 Å². The topological polar surface area (TPSA) is 56.2 Å². The van der Waals surface area contributed by atoms with Crippen LogP contribution < -0.4 is 0 Å². The average molecular weight is 377 g/mol. The average Bonchev–Trinajstić information content (AvgIpc) is 3.19. The second-order valence-corrected chi connectivity index (χ2v) is 6.81. The summed E-state index contributed by atoms with van der Waals surface area (Å²) in [6, 6.07) is 11.0. The summed E-state index contributed by atoms with van der Waals surface area (Å²) in [6.45, 7) is 0. The van der Waals surface area contributed by atoms with E-state index in [0.717, 1.165) is 16.9 Å². The zero-order valence-corrected chi connectivity index (χ0v) is 14.5. The van der Waals surface area contributed by atoms with Crippen LogP contribution in [0.15, 0.2) is 58.4 Å². The van der Waals surface area contributed by atoms with Gasteiger partial charge in [0.25, 0.3) is 5.22 Å². The first-order chi connectivity index (χ1) is 11.7. The molecule has 0 aliphatic rings. The molecule has 0 aliphatic heterocycles. The van der Waals surface area contributed by atoms with Gasteiger partial charge in [0, 0.05) is 28.7 Å². The van der Waals surface area contributed by atoms with E-state index in [2.05, 4.69) is 15.2 Å². The fourth-order valence-corrected chi connectivity index (χ4v) is 3.14. The van der Waals surface area contributed by atoms with Gasteiger partial charge in [-0.25, -0.2) is 4.98 Å². The number of nitrogens with zero attached hydrogens (tertiary/aromatic N) is 4. The van der Waals surface area contributed by atoms with Crippen LogP contribution in [0.3, 0.4) is 0 Å². The molecule has 5 nitrogen and oxygen atoms in total. The van der Waals surface area contributed by atoms with Crippen molar-refractivity contribution in [3.8, 4) is 11.5 Å². The molecule has 0 aliphatic carbocycles. The molecule has 8 heteroatoms. The molecule has 0 atom stereocenters. The highest BCUT2D eigenvalue weighted by molar-refractivity contribution is 7.98. The number of pyridine rings is 1. The molecule has 120 valence electrons. The molecule has 0 saturated carbocycles. The summed E-state index contributed by atoms with van der Waals surface area (Å²) < 4.78 is 7.56. The molecule has 3 heterocycles. The molecule has 3 aromatic heterocycles. The van der Waals surface area contributed by atoms with E-state index in [9.17, 15) is 0 Å². The third kappa shape index (κ3) is 3.26. The second-order valence-electron chi connectivity index (χ2n) is 5.01. The van der Waals surface area contributed by atoms with Crippen molar-refractivity contribution in [1.29, 1.82) is 0 Å². The molecule has 0 N–H and O–H groups in total. The van der Waals surface area contributed by atoms with Crippen molar-refractivity contribution < 1.29 is 4.42 Å². The third-order valence-corrected chi connectivity index (χ3v) is 4.63. The Bertz CT molecular complexity index is 997. The van der Waals surface area contributed by atoms with E-state index in [4.69, 9.17) is 27.6 Å². The van der Waals surface area contributed by atoms with Gasteiger partial charge in [-0.2, -0.15) is 0 Å². The Hall–Kier alpha value is -2.02. The maximum atomic E-state index is 5.98. The number of hydrogen-bond donors (Lipinski definition) is 0. The SMILES string of the molecule is Clc1ccc(-c2nnc(SCc3cn4cc(Cl)ccc4n3)o2)cc1. The Morgan fingerprint density at radius 2 is 1.75 bits per heavy atom. The molecule has 0 bridgehead atoms.